The largest absolute Gasteiger partial charge is 0.444 e. The first-order valence-corrected chi connectivity index (χ1v) is 10.1. The third-order valence-corrected chi connectivity index (χ3v) is 4.56. The second-order valence-corrected chi connectivity index (χ2v) is 8.14. The minimum Gasteiger partial charge on any atom is -0.444 e. The molecule has 1 aromatic rings. The second-order valence-electron chi connectivity index (χ2n) is 8.14. The molecule has 0 bridgehead atoms. The fourth-order valence-corrected chi connectivity index (χ4v) is 2.96. The Labute approximate surface area is 174 Å². The summed E-state index contributed by atoms with van der Waals surface area (Å²) in [4.78, 5) is 34.0. The summed E-state index contributed by atoms with van der Waals surface area (Å²) in [6.07, 6.45) is 4.16. The Hall–Kier alpha value is -2.57. The van der Waals surface area contributed by atoms with Crippen molar-refractivity contribution in [3.63, 3.8) is 0 Å². The lowest BCUT2D eigenvalue weighted by Crippen LogP contribution is -2.41. The van der Waals surface area contributed by atoms with Crippen molar-refractivity contribution in [2.75, 3.05) is 25.9 Å². The van der Waals surface area contributed by atoms with Gasteiger partial charge >= 0.3 is 6.09 Å². The van der Waals surface area contributed by atoms with Gasteiger partial charge in [-0.3, -0.25) is 4.79 Å². The number of anilines is 1. The van der Waals surface area contributed by atoms with Gasteiger partial charge in [-0.25, -0.2) is 4.79 Å². The van der Waals surface area contributed by atoms with Crippen LogP contribution in [0.1, 0.15) is 64.4 Å². The Morgan fingerprint density at radius 1 is 1.21 bits per heavy atom. The van der Waals surface area contributed by atoms with Crippen molar-refractivity contribution in [3.8, 4) is 0 Å². The number of amides is 2. The first-order chi connectivity index (χ1) is 13.7. The third-order valence-electron chi connectivity index (χ3n) is 4.56. The molecule has 0 saturated carbocycles. The van der Waals surface area contributed by atoms with Crippen LogP contribution >= 0.6 is 0 Å². The van der Waals surface area contributed by atoms with E-state index in [1.807, 2.05) is 32.9 Å². The standard InChI is InChI=1S/C16H24N2O2.C6H11NO2/c1-16(2,3)20-15(19)18-10-8-13(9-11-18)12-4-6-14(17)7-5-12;1-7-6(9)4-2-3-5-8/h4-7,13H,8-11,17H2,1-3H3;5H,2-4H2,1H3,(H,7,9). The molecular weight excluding hydrogens is 370 g/mol. The van der Waals surface area contributed by atoms with Crippen molar-refractivity contribution in [1.29, 1.82) is 0 Å². The van der Waals surface area contributed by atoms with Crippen molar-refractivity contribution in [2.45, 2.75) is 64.4 Å². The van der Waals surface area contributed by atoms with Crippen LogP contribution in [-0.2, 0) is 14.3 Å². The number of carbonyl (C=O) groups excluding carboxylic acids is 3. The van der Waals surface area contributed by atoms with E-state index >= 15 is 0 Å². The smallest absolute Gasteiger partial charge is 0.410 e. The van der Waals surface area contributed by atoms with Gasteiger partial charge in [0.15, 0.2) is 0 Å². The van der Waals surface area contributed by atoms with Gasteiger partial charge in [0.05, 0.1) is 0 Å². The van der Waals surface area contributed by atoms with Crippen molar-refractivity contribution in [3.05, 3.63) is 29.8 Å². The lowest BCUT2D eigenvalue weighted by Gasteiger charge is -2.33. The summed E-state index contributed by atoms with van der Waals surface area (Å²) in [5, 5.41) is 2.47. The predicted octanol–water partition coefficient (Wildman–Crippen LogP) is 3.48. The minimum atomic E-state index is -0.426. The number of benzene rings is 1. The van der Waals surface area contributed by atoms with E-state index in [1.165, 1.54) is 5.56 Å². The Morgan fingerprint density at radius 3 is 2.28 bits per heavy atom. The molecule has 2 rings (SSSR count). The summed E-state index contributed by atoms with van der Waals surface area (Å²) in [7, 11) is 1.59. The summed E-state index contributed by atoms with van der Waals surface area (Å²) < 4.78 is 5.40. The summed E-state index contributed by atoms with van der Waals surface area (Å²) in [6.45, 7) is 7.19. The molecule has 0 aromatic heterocycles. The van der Waals surface area contributed by atoms with Gasteiger partial charge in [-0.2, -0.15) is 0 Å². The molecule has 0 atom stereocenters. The number of nitrogens with zero attached hydrogens (tertiary/aromatic N) is 1. The normalized spacial score (nSPS) is 14.4. The average Bonchev–Trinajstić information content (AvgIpc) is 2.68. The number of carbonyl (C=O) groups is 3. The Morgan fingerprint density at radius 2 is 1.79 bits per heavy atom. The maximum absolute atomic E-state index is 12.0. The first-order valence-electron chi connectivity index (χ1n) is 10.1. The van der Waals surface area contributed by atoms with E-state index in [9.17, 15) is 14.4 Å². The lowest BCUT2D eigenvalue weighted by atomic mass is 9.89. The molecule has 0 spiro atoms. The number of piperidine rings is 1. The van der Waals surface area contributed by atoms with Crippen LogP contribution in [0, 0.1) is 0 Å². The summed E-state index contributed by atoms with van der Waals surface area (Å²) in [5.41, 5.74) is 7.38. The highest BCUT2D eigenvalue weighted by atomic mass is 16.6. The van der Waals surface area contributed by atoms with Crippen molar-refractivity contribution in [2.24, 2.45) is 0 Å². The van der Waals surface area contributed by atoms with E-state index in [-0.39, 0.29) is 12.0 Å². The lowest BCUT2D eigenvalue weighted by molar-refractivity contribution is -0.120. The van der Waals surface area contributed by atoms with E-state index in [0.29, 0.717) is 25.2 Å². The third kappa shape index (κ3) is 9.96. The maximum Gasteiger partial charge on any atom is 0.410 e. The number of nitrogens with two attached hydrogens (primary N) is 1. The number of nitrogen functional groups attached to an aromatic ring is 1. The van der Waals surface area contributed by atoms with Crippen LogP contribution in [0.5, 0.6) is 0 Å². The zero-order chi connectivity index (χ0) is 21.9. The Balaban J connectivity index is 0.000000396. The molecular formula is C22H35N3O4. The van der Waals surface area contributed by atoms with Gasteiger partial charge in [0.1, 0.15) is 11.9 Å². The number of hydrogen-bond acceptors (Lipinski definition) is 5. The van der Waals surface area contributed by atoms with Crippen LogP contribution in [0.4, 0.5) is 10.5 Å². The average molecular weight is 406 g/mol. The zero-order valence-corrected chi connectivity index (χ0v) is 18.1. The number of unbranched alkanes of at least 4 members (excludes halogenated alkanes) is 1. The molecule has 0 radical (unpaired) electrons. The van der Waals surface area contributed by atoms with Crippen LogP contribution in [-0.4, -0.2) is 48.9 Å². The predicted molar refractivity (Wildman–Crippen MR) is 115 cm³/mol. The fourth-order valence-electron chi connectivity index (χ4n) is 2.96. The van der Waals surface area contributed by atoms with Crippen LogP contribution in [0.3, 0.4) is 0 Å². The monoisotopic (exact) mass is 405 g/mol. The van der Waals surface area contributed by atoms with E-state index in [1.54, 1.807) is 11.9 Å². The summed E-state index contributed by atoms with van der Waals surface area (Å²) >= 11 is 0. The van der Waals surface area contributed by atoms with Crippen molar-refractivity contribution >= 4 is 24.0 Å². The molecule has 1 saturated heterocycles. The van der Waals surface area contributed by atoms with E-state index < -0.39 is 5.60 Å². The molecule has 7 heteroatoms. The molecule has 162 valence electrons. The van der Waals surface area contributed by atoms with Crippen LogP contribution < -0.4 is 11.1 Å². The van der Waals surface area contributed by atoms with Gasteiger partial charge in [-0.05, 0) is 63.6 Å². The zero-order valence-electron chi connectivity index (χ0n) is 18.1. The van der Waals surface area contributed by atoms with Crippen LogP contribution in [0.15, 0.2) is 24.3 Å². The molecule has 3 N–H and O–H groups in total. The highest BCUT2D eigenvalue weighted by Crippen LogP contribution is 2.29. The SMILES string of the molecule is CC(C)(C)OC(=O)N1CCC(c2ccc(N)cc2)CC1.CNC(=O)CCCC=O. The summed E-state index contributed by atoms with van der Waals surface area (Å²) in [5.74, 6) is 0.506. The maximum atomic E-state index is 12.0. The number of aldehydes is 1. The van der Waals surface area contributed by atoms with E-state index in [4.69, 9.17) is 10.5 Å². The second kappa shape index (κ2) is 12.1. The minimum absolute atomic E-state index is 0.00292. The highest BCUT2D eigenvalue weighted by molar-refractivity contribution is 5.75. The molecule has 1 aliphatic heterocycles. The van der Waals surface area contributed by atoms with Gasteiger partial charge in [0.2, 0.25) is 5.91 Å². The molecule has 2 amide bonds. The van der Waals surface area contributed by atoms with Crippen LogP contribution in [0.25, 0.3) is 0 Å². The highest BCUT2D eigenvalue weighted by Gasteiger charge is 2.27. The molecule has 1 aromatic carbocycles. The van der Waals surface area contributed by atoms with Crippen molar-refractivity contribution < 1.29 is 19.1 Å². The van der Waals surface area contributed by atoms with Gasteiger partial charge in [0.25, 0.3) is 0 Å². The molecule has 7 nitrogen and oxygen atoms in total. The van der Waals surface area contributed by atoms with Crippen LogP contribution in [0.2, 0.25) is 0 Å². The van der Waals surface area contributed by atoms with Gasteiger partial charge in [-0.15, -0.1) is 0 Å². The Bertz CT molecular complexity index is 645. The molecule has 0 unspecified atom stereocenters. The number of nitrogens with one attached hydrogen (secondary N) is 1. The number of hydrogen-bond donors (Lipinski definition) is 2. The molecule has 29 heavy (non-hydrogen) atoms. The fraction of sp³-hybridized carbons (Fsp3) is 0.591. The summed E-state index contributed by atoms with van der Waals surface area (Å²) in [6, 6.07) is 8.05. The Kier molecular flexibility index (Phi) is 10.2. The van der Waals surface area contributed by atoms with Gasteiger partial charge in [-0.1, -0.05) is 12.1 Å². The number of ether oxygens (including phenoxy) is 1. The van der Waals surface area contributed by atoms with Crippen molar-refractivity contribution in [1.82, 2.24) is 10.2 Å². The number of rotatable bonds is 5. The van der Waals surface area contributed by atoms with E-state index in [2.05, 4.69) is 17.4 Å². The number of likely N-dealkylation sites (tertiary alicyclic amines) is 1. The molecule has 1 aliphatic rings. The van der Waals surface area contributed by atoms with Gasteiger partial charge in [0, 0.05) is 38.7 Å². The topological polar surface area (TPSA) is 102 Å². The first kappa shape index (κ1) is 24.5. The molecule has 1 heterocycles. The van der Waals surface area contributed by atoms with E-state index in [0.717, 1.165) is 37.9 Å². The quantitative estimate of drug-likeness (QED) is 0.444. The molecule has 0 aliphatic carbocycles. The van der Waals surface area contributed by atoms with Gasteiger partial charge < -0.3 is 25.5 Å². The molecule has 1 fully saturated rings.